The maximum Gasteiger partial charge on any atom is 0.270 e. The summed E-state index contributed by atoms with van der Waals surface area (Å²) in [5, 5.41) is 11.4. The van der Waals surface area contributed by atoms with E-state index in [0.717, 1.165) is 21.3 Å². The number of ether oxygens (including phenoxy) is 1. The van der Waals surface area contributed by atoms with Crippen LogP contribution in [0.25, 0.3) is 0 Å². The van der Waals surface area contributed by atoms with Gasteiger partial charge in [0.2, 0.25) is 0 Å². The van der Waals surface area contributed by atoms with Crippen molar-refractivity contribution < 1.29 is 9.66 Å². The summed E-state index contributed by atoms with van der Waals surface area (Å²) in [5.74, 6) is 0.764. The first-order valence-corrected chi connectivity index (χ1v) is 8.62. The highest BCUT2D eigenvalue weighted by molar-refractivity contribution is 9.11. The SMILES string of the molecule is O=[N+]([O-])c1ccc(COc2c(Br)cccc2CBr)c(Br)c1. The molecule has 0 aliphatic rings. The average Bonchev–Trinajstić information content (AvgIpc) is 2.46. The molecule has 21 heavy (non-hydrogen) atoms. The van der Waals surface area contributed by atoms with Crippen molar-refractivity contribution in [1.29, 1.82) is 0 Å². The van der Waals surface area contributed by atoms with Crippen molar-refractivity contribution in [3.63, 3.8) is 0 Å². The lowest BCUT2D eigenvalue weighted by molar-refractivity contribution is -0.384. The van der Waals surface area contributed by atoms with Gasteiger partial charge in [0.1, 0.15) is 12.4 Å². The lowest BCUT2D eigenvalue weighted by Crippen LogP contribution is -2.00. The van der Waals surface area contributed by atoms with Gasteiger partial charge in [-0.05, 0) is 28.1 Å². The van der Waals surface area contributed by atoms with E-state index in [1.165, 1.54) is 12.1 Å². The van der Waals surface area contributed by atoms with E-state index in [4.69, 9.17) is 4.74 Å². The monoisotopic (exact) mass is 477 g/mol. The number of hydrogen-bond donors (Lipinski definition) is 0. The highest BCUT2D eigenvalue weighted by atomic mass is 79.9. The lowest BCUT2D eigenvalue weighted by atomic mass is 10.2. The molecule has 0 aliphatic carbocycles. The molecule has 2 rings (SSSR count). The zero-order valence-corrected chi connectivity index (χ0v) is 15.4. The van der Waals surface area contributed by atoms with Crippen molar-refractivity contribution in [3.8, 4) is 5.75 Å². The van der Waals surface area contributed by atoms with Crippen LogP contribution < -0.4 is 4.74 Å². The molecule has 2 aromatic carbocycles. The quantitative estimate of drug-likeness (QED) is 0.319. The van der Waals surface area contributed by atoms with Crippen LogP contribution in [0.1, 0.15) is 11.1 Å². The van der Waals surface area contributed by atoms with Gasteiger partial charge >= 0.3 is 0 Å². The highest BCUT2D eigenvalue weighted by Gasteiger charge is 2.11. The normalized spacial score (nSPS) is 10.4. The second kappa shape index (κ2) is 7.38. The molecular weight excluding hydrogens is 470 g/mol. The molecule has 0 bridgehead atoms. The fraction of sp³-hybridized carbons (Fsp3) is 0.143. The maximum absolute atomic E-state index is 10.7. The van der Waals surface area contributed by atoms with Crippen LogP contribution in [0.4, 0.5) is 5.69 Å². The minimum absolute atomic E-state index is 0.0488. The third kappa shape index (κ3) is 4.05. The number of non-ortho nitro benzene ring substituents is 1. The molecule has 0 heterocycles. The van der Waals surface area contributed by atoms with E-state index >= 15 is 0 Å². The molecule has 0 spiro atoms. The second-order valence-electron chi connectivity index (χ2n) is 4.18. The van der Waals surface area contributed by atoms with Gasteiger partial charge in [0.15, 0.2) is 0 Å². The summed E-state index contributed by atoms with van der Waals surface area (Å²) < 4.78 is 7.38. The molecule has 0 N–H and O–H groups in total. The smallest absolute Gasteiger partial charge is 0.270 e. The Hall–Kier alpha value is -0.920. The largest absolute Gasteiger partial charge is 0.487 e. The van der Waals surface area contributed by atoms with Gasteiger partial charge in [-0.2, -0.15) is 0 Å². The van der Waals surface area contributed by atoms with Gasteiger partial charge in [0.05, 0.1) is 9.40 Å². The molecule has 0 atom stereocenters. The Balaban J connectivity index is 2.19. The van der Waals surface area contributed by atoms with Crippen molar-refractivity contribution in [1.82, 2.24) is 0 Å². The summed E-state index contributed by atoms with van der Waals surface area (Å²) in [5.41, 5.74) is 1.92. The van der Waals surface area contributed by atoms with Gasteiger partial charge in [0.25, 0.3) is 5.69 Å². The van der Waals surface area contributed by atoms with Crippen LogP contribution >= 0.6 is 47.8 Å². The first-order valence-electron chi connectivity index (χ1n) is 5.92. The number of rotatable bonds is 5. The molecule has 110 valence electrons. The average molecular weight is 480 g/mol. The predicted molar refractivity (Wildman–Crippen MR) is 91.9 cm³/mol. The standard InChI is InChI=1S/C14H10Br3NO3/c15-7-9-2-1-3-12(16)14(9)21-8-10-4-5-11(18(19)20)6-13(10)17/h1-6H,7-8H2. The fourth-order valence-electron chi connectivity index (χ4n) is 1.74. The van der Waals surface area contributed by atoms with E-state index in [9.17, 15) is 10.1 Å². The third-order valence-electron chi connectivity index (χ3n) is 2.81. The topological polar surface area (TPSA) is 52.4 Å². The Morgan fingerprint density at radius 1 is 1.10 bits per heavy atom. The van der Waals surface area contributed by atoms with E-state index < -0.39 is 4.92 Å². The molecule has 0 radical (unpaired) electrons. The summed E-state index contributed by atoms with van der Waals surface area (Å²) in [6, 6.07) is 10.5. The Labute approximate surface area is 147 Å². The molecule has 0 saturated heterocycles. The third-order valence-corrected chi connectivity index (χ3v) is 4.78. The number of nitrogens with zero attached hydrogens (tertiary/aromatic N) is 1. The van der Waals surface area contributed by atoms with E-state index in [1.807, 2.05) is 18.2 Å². The summed E-state index contributed by atoms with van der Waals surface area (Å²) in [4.78, 5) is 10.3. The van der Waals surface area contributed by atoms with Gasteiger partial charge in [-0.3, -0.25) is 10.1 Å². The van der Waals surface area contributed by atoms with Crippen LogP contribution in [-0.2, 0) is 11.9 Å². The predicted octanol–water partition coefficient (Wildman–Crippen LogP) is 5.59. The Bertz CT molecular complexity index is 677. The van der Waals surface area contributed by atoms with Crippen LogP contribution in [0.2, 0.25) is 0 Å². The summed E-state index contributed by atoms with van der Waals surface area (Å²) in [7, 11) is 0. The summed E-state index contributed by atoms with van der Waals surface area (Å²) in [6.07, 6.45) is 0. The molecule has 0 aliphatic heterocycles. The number of para-hydroxylation sites is 1. The zero-order valence-electron chi connectivity index (χ0n) is 10.7. The lowest BCUT2D eigenvalue weighted by Gasteiger charge is -2.12. The first-order chi connectivity index (χ1) is 10.0. The van der Waals surface area contributed by atoms with Crippen LogP contribution in [0.15, 0.2) is 45.3 Å². The maximum atomic E-state index is 10.7. The highest BCUT2D eigenvalue weighted by Crippen LogP contribution is 2.32. The summed E-state index contributed by atoms with van der Waals surface area (Å²) >= 11 is 10.2. The molecule has 0 amide bonds. The van der Waals surface area contributed by atoms with Gasteiger partial charge in [-0.1, -0.05) is 44.0 Å². The fourth-order valence-corrected chi connectivity index (χ4v) is 3.18. The van der Waals surface area contributed by atoms with Crippen LogP contribution in [-0.4, -0.2) is 4.92 Å². The van der Waals surface area contributed by atoms with Crippen molar-refractivity contribution in [3.05, 3.63) is 66.6 Å². The van der Waals surface area contributed by atoms with E-state index in [1.54, 1.807) is 6.07 Å². The molecule has 2 aromatic rings. The number of nitro groups is 1. The number of nitro benzene ring substituents is 1. The van der Waals surface area contributed by atoms with Crippen molar-refractivity contribution >= 4 is 53.5 Å². The van der Waals surface area contributed by atoms with E-state index in [2.05, 4.69) is 47.8 Å². The van der Waals surface area contributed by atoms with Crippen LogP contribution in [0, 0.1) is 10.1 Å². The van der Waals surface area contributed by atoms with Gasteiger partial charge in [-0.25, -0.2) is 0 Å². The number of halogens is 3. The molecule has 0 aromatic heterocycles. The Kier molecular flexibility index (Phi) is 5.78. The van der Waals surface area contributed by atoms with Gasteiger partial charge in [0, 0.05) is 33.1 Å². The van der Waals surface area contributed by atoms with Gasteiger partial charge in [-0.15, -0.1) is 0 Å². The van der Waals surface area contributed by atoms with Crippen molar-refractivity contribution in [2.45, 2.75) is 11.9 Å². The molecule has 0 fully saturated rings. The molecule has 0 saturated carbocycles. The molecular formula is C14H10Br3NO3. The van der Waals surface area contributed by atoms with Crippen LogP contribution in [0.5, 0.6) is 5.75 Å². The van der Waals surface area contributed by atoms with Crippen molar-refractivity contribution in [2.24, 2.45) is 0 Å². The first kappa shape index (κ1) is 16.5. The minimum atomic E-state index is -0.424. The summed E-state index contributed by atoms with van der Waals surface area (Å²) in [6.45, 7) is 0.321. The molecule has 4 nitrogen and oxygen atoms in total. The van der Waals surface area contributed by atoms with Crippen LogP contribution in [0.3, 0.4) is 0 Å². The van der Waals surface area contributed by atoms with E-state index in [0.29, 0.717) is 16.4 Å². The van der Waals surface area contributed by atoms with Crippen molar-refractivity contribution in [2.75, 3.05) is 0 Å². The van der Waals surface area contributed by atoms with E-state index in [-0.39, 0.29) is 5.69 Å². The number of hydrogen-bond acceptors (Lipinski definition) is 3. The Morgan fingerprint density at radius 3 is 2.48 bits per heavy atom. The zero-order chi connectivity index (χ0) is 15.4. The second-order valence-corrected chi connectivity index (χ2v) is 6.45. The van der Waals surface area contributed by atoms with Gasteiger partial charge < -0.3 is 4.74 Å². The minimum Gasteiger partial charge on any atom is -0.487 e. The number of alkyl halides is 1. The number of benzene rings is 2. The molecule has 7 heteroatoms. The molecule has 0 unspecified atom stereocenters. The Morgan fingerprint density at radius 2 is 1.86 bits per heavy atom.